The molecule has 0 N–H and O–H groups in total. The predicted molar refractivity (Wildman–Crippen MR) is 62.2 cm³/mol. The maximum atomic E-state index is 5.69. The summed E-state index contributed by atoms with van der Waals surface area (Å²) in [6.07, 6.45) is 2.23. The molecule has 1 aliphatic rings. The van der Waals surface area contributed by atoms with Crippen molar-refractivity contribution >= 4 is 0 Å². The molecule has 2 atom stereocenters. The summed E-state index contributed by atoms with van der Waals surface area (Å²) in [4.78, 5) is 2.47. The Labute approximate surface area is 93.7 Å². The number of hydrogen-bond donors (Lipinski definition) is 0. The lowest BCUT2D eigenvalue weighted by atomic mass is 10.2. The van der Waals surface area contributed by atoms with E-state index >= 15 is 0 Å². The second kappa shape index (κ2) is 6.46. The lowest BCUT2D eigenvalue weighted by Crippen LogP contribution is -2.45. The second-order valence-corrected chi connectivity index (χ2v) is 4.79. The van der Waals surface area contributed by atoms with Crippen molar-refractivity contribution in [1.29, 1.82) is 0 Å². The van der Waals surface area contributed by atoms with Crippen molar-refractivity contribution in [1.82, 2.24) is 4.90 Å². The maximum Gasteiger partial charge on any atom is 0.0678 e. The molecule has 0 aliphatic carbocycles. The Balaban J connectivity index is 2.10. The van der Waals surface area contributed by atoms with E-state index in [9.17, 15) is 0 Å². The fourth-order valence-electron chi connectivity index (χ4n) is 2.07. The monoisotopic (exact) mass is 215 g/mol. The Kier molecular flexibility index (Phi) is 5.58. The van der Waals surface area contributed by atoms with Gasteiger partial charge in [0.2, 0.25) is 0 Å². The van der Waals surface area contributed by atoms with E-state index in [2.05, 4.69) is 32.6 Å². The third-order valence-electron chi connectivity index (χ3n) is 2.57. The molecule has 0 aromatic rings. The zero-order chi connectivity index (χ0) is 11.3. The van der Waals surface area contributed by atoms with Crippen molar-refractivity contribution < 1.29 is 9.47 Å². The molecule has 1 fully saturated rings. The molecule has 0 bridgehead atoms. The summed E-state index contributed by atoms with van der Waals surface area (Å²) in [7, 11) is 0. The lowest BCUT2D eigenvalue weighted by Gasteiger charge is -2.35. The Morgan fingerprint density at radius 2 is 1.87 bits per heavy atom. The topological polar surface area (TPSA) is 21.7 Å². The first kappa shape index (κ1) is 12.9. The molecular formula is C12H25NO2. The standard InChI is InChI=1S/C12H25NO2/c1-10(2)14-7-5-6-13-8-11(3)15-12(4)9-13/h10-12H,5-9H2,1-4H3/t11-,12?/m0/s1. The first-order chi connectivity index (χ1) is 7.08. The Morgan fingerprint density at radius 3 is 2.40 bits per heavy atom. The van der Waals surface area contributed by atoms with E-state index in [1.54, 1.807) is 0 Å². The minimum Gasteiger partial charge on any atom is -0.379 e. The van der Waals surface area contributed by atoms with Crippen LogP contribution < -0.4 is 0 Å². The van der Waals surface area contributed by atoms with Crippen LogP contribution in [-0.2, 0) is 9.47 Å². The molecule has 3 nitrogen and oxygen atoms in total. The van der Waals surface area contributed by atoms with Crippen LogP contribution in [0.15, 0.2) is 0 Å². The molecule has 1 saturated heterocycles. The highest BCUT2D eigenvalue weighted by molar-refractivity contribution is 4.72. The fourth-order valence-corrected chi connectivity index (χ4v) is 2.07. The molecule has 0 spiro atoms. The number of nitrogens with zero attached hydrogens (tertiary/aromatic N) is 1. The normalized spacial score (nSPS) is 28.6. The molecule has 1 heterocycles. The van der Waals surface area contributed by atoms with Crippen molar-refractivity contribution in [2.24, 2.45) is 0 Å². The molecule has 0 amide bonds. The van der Waals surface area contributed by atoms with Gasteiger partial charge >= 0.3 is 0 Å². The third kappa shape index (κ3) is 5.50. The zero-order valence-electron chi connectivity index (χ0n) is 10.5. The SMILES string of the molecule is CC(C)OCCCN1CC(C)O[C@@H](C)C1. The van der Waals surface area contributed by atoms with E-state index in [1.165, 1.54) is 0 Å². The smallest absolute Gasteiger partial charge is 0.0678 e. The van der Waals surface area contributed by atoms with Crippen molar-refractivity contribution in [2.75, 3.05) is 26.2 Å². The highest BCUT2D eigenvalue weighted by atomic mass is 16.5. The molecule has 1 unspecified atom stereocenters. The lowest BCUT2D eigenvalue weighted by molar-refractivity contribution is -0.0698. The molecule has 90 valence electrons. The van der Waals surface area contributed by atoms with Crippen molar-refractivity contribution in [3.8, 4) is 0 Å². The van der Waals surface area contributed by atoms with Gasteiger partial charge in [-0.05, 0) is 34.1 Å². The summed E-state index contributed by atoms with van der Waals surface area (Å²) in [6.45, 7) is 12.6. The Bertz CT molecular complexity index is 163. The van der Waals surface area contributed by atoms with Gasteiger partial charge in [0.05, 0.1) is 18.3 Å². The summed E-state index contributed by atoms with van der Waals surface area (Å²) in [5.41, 5.74) is 0. The van der Waals surface area contributed by atoms with Gasteiger partial charge in [0, 0.05) is 26.2 Å². The van der Waals surface area contributed by atoms with E-state index in [0.717, 1.165) is 32.7 Å². The highest BCUT2D eigenvalue weighted by Crippen LogP contribution is 2.10. The van der Waals surface area contributed by atoms with Gasteiger partial charge in [0.25, 0.3) is 0 Å². The predicted octanol–water partition coefficient (Wildman–Crippen LogP) is 1.91. The van der Waals surface area contributed by atoms with Crippen LogP contribution in [0, 0.1) is 0 Å². The van der Waals surface area contributed by atoms with Gasteiger partial charge in [-0.3, -0.25) is 4.90 Å². The molecule has 15 heavy (non-hydrogen) atoms. The van der Waals surface area contributed by atoms with Crippen LogP contribution in [0.4, 0.5) is 0 Å². The number of rotatable bonds is 5. The van der Waals surface area contributed by atoms with Crippen LogP contribution in [0.5, 0.6) is 0 Å². The van der Waals surface area contributed by atoms with Gasteiger partial charge in [-0.2, -0.15) is 0 Å². The van der Waals surface area contributed by atoms with E-state index in [0.29, 0.717) is 18.3 Å². The van der Waals surface area contributed by atoms with Gasteiger partial charge in [0.1, 0.15) is 0 Å². The molecule has 1 rings (SSSR count). The van der Waals surface area contributed by atoms with Crippen LogP contribution >= 0.6 is 0 Å². The van der Waals surface area contributed by atoms with Gasteiger partial charge in [-0.1, -0.05) is 0 Å². The number of morpholine rings is 1. The van der Waals surface area contributed by atoms with Crippen LogP contribution in [0.3, 0.4) is 0 Å². The van der Waals surface area contributed by atoms with Crippen molar-refractivity contribution in [3.05, 3.63) is 0 Å². The molecule has 3 heteroatoms. The maximum absolute atomic E-state index is 5.69. The Morgan fingerprint density at radius 1 is 1.27 bits per heavy atom. The first-order valence-electron chi connectivity index (χ1n) is 6.07. The number of hydrogen-bond acceptors (Lipinski definition) is 3. The Hall–Kier alpha value is -0.120. The first-order valence-corrected chi connectivity index (χ1v) is 6.07. The fraction of sp³-hybridized carbons (Fsp3) is 1.00. The quantitative estimate of drug-likeness (QED) is 0.654. The summed E-state index contributed by atoms with van der Waals surface area (Å²) in [5, 5.41) is 0. The van der Waals surface area contributed by atoms with Gasteiger partial charge in [-0.15, -0.1) is 0 Å². The minimum atomic E-state index is 0.354. The third-order valence-corrected chi connectivity index (χ3v) is 2.57. The van der Waals surface area contributed by atoms with E-state index in [1.807, 2.05) is 0 Å². The minimum absolute atomic E-state index is 0.354. The van der Waals surface area contributed by atoms with Gasteiger partial charge in [0.15, 0.2) is 0 Å². The molecule has 0 aromatic carbocycles. The average molecular weight is 215 g/mol. The summed E-state index contributed by atoms with van der Waals surface area (Å²) >= 11 is 0. The van der Waals surface area contributed by atoms with E-state index in [4.69, 9.17) is 9.47 Å². The second-order valence-electron chi connectivity index (χ2n) is 4.79. The largest absolute Gasteiger partial charge is 0.379 e. The van der Waals surface area contributed by atoms with Crippen molar-refractivity contribution in [2.45, 2.75) is 52.4 Å². The average Bonchev–Trinajstić information content (AvgIpc) is 2.10. The van der Waals surface area contributed by atoms with Crippen molar-refractivity contribution in [3.63, 3.8) is 0 Å². The summed E-state index contributed by atoms with van der Waals surface area (Å²) in [5.74, 6) is 0. The van der Waals surface area contributed by atoms with E-state index < -0.39 is 0 Å². The zero-order valence-corrected chi connectivity index (χ0v) is 10.5. The molecular weight excluding hydrogens is 190 g/mol. The molecule has 0 radical (unpaired) electrons. The number of ether oxygens (including phenoxy) is 2. The van der Waals surface area contributed by atoms with Crippen LogP contribution in [0.1, 0.15) is 34.1 Å². The molecule has 1 aliphatic heterocycles. The summed E-state index contributed by atoms with van der Waals surface area (Å²) in [6, 6.07) is 0. The summed E-state index contributed by atoms with van der Waals surface area (Å²) < 4.78 is 11.2. The molecule has 0 aromatic heterocycles. The highest BCUT2D eigenvalue weighted by Gasteiger charge is 2.21. The van der Waals surface area contributed by atoms with Crippen LogP contribution in [-0.4, -0.2) is 49.5 Å². The molecule has 0 saturated carbocycles. The van der Waals surface area contributed by atoms with E-state index in [-0.39, 0.29) is 0 Å². The van der Waals surface area contributed by atoms with Gasteiger partial charge < -0.3 is 9.47 Å². The van der Waals surface area contributed by atoms with Crippen LogP contribution in [0.25, 0.3) is 0 Å². The van der Waals surface area contributed by atoms with Crippen LogP contribution in [0.2, 0.25) is 0 Å². The van der Waals surface area contributed by atoms with Gasteiger partial charge in [-0.25, -0.2) is 0 Å².